The number of carbonyl (C=O) groups excluding carboxylic acids is 1. The number of hydrogen-bond donors (Lipinski definition) is 2. The molecule has 0 spiro atoms. The summed E-state index contributed by atoms with van der Waals surface area (Å²) in [6, 6.07) is 8.20. The van der Waals surface area contributed by atoms with Gasteiger partial charge in [-0.05, 0) is 36.4 Å². The van der Waals surface area contributed by atoms with Crippen LogP contribution in [0.15, 0.2) is 35.8 Å². The number of carbonyl (C=O) groups is 1. The Kier molecular flexibility index (Phi) is 5.55. The summed E-state index contributed by atoms with van der Waals surface area (Å²) >= 11 is 1.65. The van der Waals surface area contributed by atoms with Gasteiger partial charge in [0.15, 0.2) is 5.82 Å². The van der Waals surface area contributed by atoms with Gasteiger partial charge in [-0.2, -0.15) is 5.10 Å². The zero-order valence-electron chi connectivity index (χ0n) is 12.9. The van der Waals surface area contributed by atoms with E-state index < -0.39 is 0 Å². The molecule has 2 aromatic heterocycles. The molecule has 1 aliphatic rings. The van der Waals surface area contributed by atoms with Crippen LogP contribution >= 0.6 is 11.3 Å². The molecular weight excluding hydrogens is 310 g/mol. The van der Waals surface area contributed by atoms with E-state index in [9.17, 15) is 4.79 Å². The third kappa shape index (κ3) is 4.74. The van der Waals surface area contributed by atoms with Gasteiger partial charge in [-0.3, -0.25) is 4.79 Å². The Hall–Kier alpha value is -1.99. The van der Waals surface area contributed by atoms with E-state index in [-0.39, 0.29) is 5.91 Å². The van der Waals surface area contributed by atoms with E-state index in [1.165, 1.54) is 4.88 Å². The van der Waals surface area contributed by atoms with Gasteiger partial charge in [0.05, 0.1) is 13.1 Å². The number of nitrogens with zero attached hydrogens (tertiary/aromatic N) is 3. The third-order valence-electron chi connectivity index (χ3n) is 3.89. The summed E-state index contributed by atoms with van der Waals surface area (Å²) < 4.78 is 0. The van der Waals surface area contributed by atoms with Gasteiger partial charge in [-0.25, -0.2) is 0 Å². The van der Waals surface area contributed by atoms with Gasteiger partial charge in [0.25, 0.3) is 0 Å². The third-order valence-corrected chi connectivity index (χ3v) is 4.77. The predicted molar refractivity (Wildman–Crippen MR) is 91.4 cm³/mol. The monoisotopic (exact) mass is 331 g/mol. The molecule has 1 atom stereocenters. The lowest BCUT2D eigenvalue weighted by molar-refractivity contribution is -0.120. The molecule has 3 heterocycles. The van der Waals surface area contributed by atoms with E-state index in [0.717, 1.165) is 31.7 Å². The van der Waals surface area contributed by atoms with E-state index in [4.69, 9.17) is 0 Å². The summed E-state index contributed by atoms with van der Waals surface area (Å²) in [6.45, 7) is 2.80. The maximum absolute atomic E-state index is 11.9. The lowest BCUT2D eigenvalue weighted by atomic mass is 10.1. The van der Waals surface area contributed by atoms with E-state index in [0.29, 0.717) is 19.1 Å². The molecule has 2 aromatic rings. The molecule has 0 aromatic carbocycles. The Balaban J connectivity index is 1.42. The fourth-order valence-corrected chi connectivity index (χ4v) is 3.36. The molecule has 6 nitrogen and oxygen atoms in total. The summed E-state index contributed by atoms with van der Waals surface area (Å²) in [4.78, 5) is 15.3. The summed E-state index contributed by atoms with van der Waals surface area (Å²) in [5, 5.41) is 16.4. The van der Waals surface area contributed by atoms with Crippen molar-refractivity contribution < 1.29 is 4.79 Å². The lowest BCUT2D eigenvalue weighted by Crippen LogP contribution is -2.48. The first-order valence-corrected chi connectivity index (χ1v) is 8.74. The molecule has 2 N–H and O–H groups in total. The molecule has 23 heavy (non-hydrogen) atoms. The number of nitrogens with one attached hydrogen (secondary N) is 2. The second kappa shape index (κ2) is 8.03. The van der Waals surface area contributed by atoms with Crippen LogP contribution in [0.3, 0.4) is 0 Å². The van der Waals surface area contributed by atoms with Crippen molar-refractivity contribution in [2.24, 2.45) is 0 Å². The van der Waals surface area contributed by atoms with Gasteiger partial charge in [-0.15, -0.1) is 16.4 Å². The first kappa shape index (κ1) is 15.9. The predicted octanol–water partition coefficient (Wildman–Crippen LogP) is 1.41. The van der Waals surface area contributed by atoms with E-state index in [1.54, 1.807) is 17.5 Å². The number of hydrogen-bond acceptors (Lipinski definition) is 6. The SMILES string of the molecule is O=C(CNC1CCCN(c2cccnn2)C1)NCc1cccs1. The van der Waals surface area contributed by atoms with Gasteiger partial charge in [0, 0.05) is 30.2 Å². The summed E-state index contributed by atoms with van der Waals surface area (Å²) in [7, 11) is 0. The summed E-state index contributed by atoms with van der Waals surface area (Å²) in [5.41, 5.74) is 0. The van der Waals surface area contributed by atoms with E-state index in [1.807, 2.05) is 29.6 Å². The topological polar surface area (TPSA) is 70.2 Å². The van der Waals surface area contributed by atoms with Crippen molar-refractivity contribution in [3.63, 3.8) is 0 Å². The molecule has 1 saturated heterocycles. The fourth-order valence-electron chi connectivity index (χ4n) is 2.71. The minimum absolute atomic E-state index is 0.0371. The van der Waals surface area contributed by atoms with Crippen LogP contribution in [0.5, 0.6) is 0 Å². The average Bonchev–Trinajstić information content (AvgIpc) is 3.13. The number of piperidine rings is 1. The maximum atomic E-state index is 11.9. The Bertz CT molecular complexity index is 604. The van der Waals surface area contributed by atoms with Crippen molar-refractivity contribution in [3.8, 4) is 0 Å². The molecule has 3 rings (SSSR count). The fraction of sp³-hybridized carbons (Fsp3) is 0.438. The smallest absolute Gasteiger partial charge is 0.234 e. The van der Waals surface area contributed by atoms with E-state index in [2.05, 4.69) is 25.7 Å². The molecule has 0 saturated carbocycles. The average molecular weight is 331 g/mol. The van der Waals surface area contributed by atoms with Crippen LogP contribution in [0, 0.1) is 0 Å². The van der Waals surface area contributed by atoms with Crippen molar-refractivity contribution in [2.75, 3.05) is 24.5 Å². The number of rotatable bonds is 6. The van der Waals surface area contributed by atoms with Crippen LogP contribution in [0.2, 0.25) is 0 Å². The molecule has 1 unspecified atom stereocenters. The number of thiophene rings is 1. The number of aromatic nitrogens is 2. The molecule has 0 bridgehead atoms. The summed E-state index contributed by atoms with van der Waals surface area (Å²) in [6.07, 6.45) is 3.85. The molecule has 0 aliphatic carbocycles. The highest BCUT2D eigenvalue weighted by atomic mass is 32.1. The van der Waals surface area contributed by atoms with Crippen molar-refractivity contribution in [3.05, 3.63) is 40.7 Å². The van der Waals surface area contributed by atoms with Crippen molar-refractivity contribution in [1.82, 2.24) is 20.8 Å². The van der Waals surface area contributed by atoms with Crippen LogP contribution in [0.25, 0.3) is 0 Å². The minimum atomic E-state index is 0.0371. The second-order valence-electron chi connectivity index (χ2n) is 5.60. The number of amides is 1. The Labute approximate surface area is 139 Å². The van der Waals surface area contributed by atoms with Crippen LogP contribution in [0.1, 0.15) is 17.7 Å². The summed E-state index contributed by atoms with van der Waals surface area (Å²) in [5.74, 6) is 0.941. The Morgan fingerprint density at radius 1 is 1.39 bits per heavy atom. The highest BCUT2D eigenvalue weighted by Crippen LogP contribution is 2.16. The first-order chi connectivity index (χ1) is 11.3. The van der Waals surface area contributed by atoms with Gasteiger partial charge in [-0.1, -0.05) is 6.07 Å². The van der Waals surface area contributed by atoms with E-state index >= 15 is 0 Å². The highest BCUT2D eigenvalue weighted by molar-refractivity contribution is 7.09. The van der Waals surface area contributed by atoms with Gasteiger partial charge in [0.1, 0.15) is 0 Å². The largest absolute Gasteiger partial charge is 0.354 e. The molecule has 1 fully saturated rings. The first-order valence-electron chi connectivity index (χ1n) is 7.86. The molecular formula is C16H21N5OS. The van der Waals surface area contributed by atoms with Crippen LogP contribution in [0.4, 0.5) is 5.82 Å². The zero-order valence-corrected chi connectivity index (χ0v) is 13.8. The second-order valence-corrected chi connectivity index (χ2v) is 6.64. The Morgan fingerprint density at radius 2 is 2.35 bits per heavy atom. The number of anilines is 1. The molecule has 7 heteroatoms. The highest BCUT2D eigenvalue weighted by Gasteiger charge is 2.21. The zero-order chi connectivity index (χ0) is 15.9. The maximum Gasteiger partial charge on any atom is 0.234 e. The standard InChI is InChI=1S/C16H21N5OS/c22-16(18-10-14-5-3-9-23-14)11-17-13-4-2-8-21(12-13)15-6-1-7-19-20-15/h1,3,5-7,9,13,17H,2,4,8,10-12H2,(H,18,22). The minimum Gasteiger partial charge on any atom is -0.354 e. The Morgan fingerprint density at radius 3 is 3.13 bits per heavy atom. The normalized spacial score (nSPS) is 17.9. The quantitative estimate of drug-likeness (QED) is 0.838. The molecule has 1 aliphatic heterocycles. The van der Waals surface area contributed by atoms with Gasteiger partial charge in [0.2, 0.25) is 5.91 Å². The van der Waals surface area contributed by atoms with Crippen molar-refractivity contribution in [2.45, 2.75) is 25.4 Å². The molecule has 0 radical (unpaired) electrons. The van der Waals surface area contributed by atoms with Crippen molar-refractivity contribution >= 4 is 23.1 Å². The van der Waals surface area contributed by atoms with Crippen LogP contribution < -0.4 is 15.5 Å². The van der Waals surface area contributed by atoms with Crippen molar-refractivity contribution in [1.29, 1.82) is 0 Å². The molecule has 1 amide bonds. The molecule has 122 valence electrons. The lowest BCUT2D eigenvalue weighted by Gasteiger charge is -2.33. The van der Waals surface area contributed by atoms with Gasteiger partial charge >= 0.3 is 0 Å². The van der Waals surface area contributed by atoms with Gasteiger partial charge < -0.3 is 15.5 Å². The van der Waals surface area contributed by atoms with Crippen LogP contribution in [-0.4, -0.2) is 41.8 Å². The van der Waals surface area contributed by atoms with Crippen LogP contribution in [-0.2, 0) is 11.3 Å².